The Morgan fingerprint density at radius 1 is 1.12 bits per heavy atom. The summed E-state index contributed by atoms with van der Waals surface area (Å²) in [5, 5.41) is 13.2. The van der Waals surface area contributed by atoms with Crippen LogP contribution in [-0.4, -0.2) is 41.5 Å². The first kappa shape index (κ1) is 19.1. The molecule has 1 aliphatic rings. The standard InChI is InChI=1S/C17H18N2O7/c1-4-25-15(21)17(16(22)26-5-2)13(10(3)14(20)18-17)11-6-8-12(9-7-11)19(23)24/h6-9H,4-5H2,1-3H3,(H,18,20). The number of nitro groups is 1. The number of amides is 1. The third-order valence-electron chi connectivity index (χ3n) is 3.92. The second-order valence-electron chi connectivity index (χ2n) is 5.45. The van der Waals surface area contributed by atoms with Crippen LogP contribution in [0.5, 0.6) is 0 Å². The SMILES string of the molecule is CCOC(=O)C1(C(=O)OCC)NC(=O)C(C)=C1c1ccc([N+](=O)[O-])cc1. The highest BCUT2D eigenvalue weighted by Gasteiger charge is 2.58. The highest BCUT2D eigenvalue weighted by Crippen LogP contribution is 2.38. The van der Waals surface area contributed by atoms with Crippen LogP contribution in [0.3, 0.4) is 0 Å². The Morgan fingerprint density at radius 3 is 2.04 bits per heavy atom. The number of esters is 2. The van der Waals surface area contributed by atoms with Crippen LogP contribution in [0.2, 0.25) is 0 Å². The molecule has 0 atom stereocenters. The lowest BCUT2D eigenvalue weighted by Crippen LogP contribution is -2.58. The van der Waals surface area contributed by atoms with Crippen LogP contribution in [-0.2, 0) is 23.9 Å². The lowest BCUT2D eigenvalue weighted by molar-refractivity contribution is -0.384. The van der Waals surface area contributed by atoms with Crippen molar-refractivity contribution in [2.75, 3.05) is 13.2 Å². The predicted octanol–water partition coefficient (Wildman–Crippen LogP) is 1.36. The van der Waals surface area contributed by atoms with E-state index in [1.807, 2.05) is 0 Å². The molecule has 1 aliphatic heterocycles. The Bertz CT molecular complexity index is 778. The summed E-state index contributed by atoms with van der Waals surface area (Å²) >= 11 is 0. The van der Waals surface area contributed by atoms with Crippen molar-refractivity contribution >= 4 is 29.1 Å². The van der Waals surface area contributed by atoms with E-state index in [2.05, 4.69) is 5.32 Å². The first-order valence-electron chi connectivity index (χ1n) is 7.92. The van der Waals surface area contributed by atoms with Crippen LogP contribution < -0.4 is 5.32 Å². The van der Waals surface area contributed by atoms with Crippen LogP contribution in [0, 0.1) is 10.1 Å². The third-order valence-corrected chi connectivity index (χ3v) is 3.92. The molecule has 0 saturated carbocycles. The molecule has 1 N–H and O–H groups in total. The fraction of sp³-hybridized carbons (Fsp3) is 0.353. The minimum Gasteiger partial charge on any atom is -0.464 e. The molecule has 0 unspecified atom stereocenters. The smallest absolute Gasteiger partial charge is 0.348 e. The number of ether oxygens (including phenoxy) is 2. The molecule has 0 aliphatic carbocycles. The summed E-state index contributed by atoms with van der Waals surface area (Å²) in [5.74, 6) is -2.58. The average Bonchev–Trinajstić information content (AvgIpc) is 2.88. The van der Waals surface area contributed by atoms with Crippen LogP contribution in [0.4, 0.5) is 5.69 Å². The maximum Gasteiger partial charge on any atom is 0.348 e. The number of carbonyl (C=O) groups excluding carboxylic acids is 3. The molecule has 9 nitrogen and oxygen atoms in total. The largest absolute Gasteiger partial charge is 0.464 e. The molecule has 1 amide bonds. The minimum atomic E-state index is -2.15. The van der Waals surface area contributed by atoms with Crippen molar-refractivity contribution in [3.8, 4) is 0 Å². The van der Waals surface area contributed by atoms with Crippen molar-refractivity contribution in [3.63, 3.8) is 0 Å². The number of hydrogen-bond donors (Lipinski definition) is 1. The van der Waals surface area contributed by atoms with Gasteiger partial charge >= 0.3 is 11.9 Å². The summed E-state index contributed by atoms with van der Waals surface area (Å²) in [7, 11) is 0. The molecule has 1 aromatic carbocycles. The highest BCUT2D eigenvalue weighted by molar-refractivity contribution is 6.27. The van der Waals surface area contributed by atoms with Gasteiger partial charge in [0.05, 0.1) is 18.1 Å². The Labute approximate surface area is 149 Å². The third kappa shape index (κ3) is 3.03. The zero-order valence-corrected chi connectivity index (χ0v) is 14.5. The zero-order valence-electron chi connectivity index (χ0n) is 14.5. The van der Waals surface area contributed by atoms with Gasteiger partial charge in [-0.25, -0.2) is 9.59 Å². The fourth-order valence-corrected chi connectivity index (χ4v) is 2.77. The van der Waals surface area contributed by atoms with Crippen LogP contribution >= 0.6 is 0 Å². The number of carbonyl (C=O) groups is 3. The molecule has 0 saturated heterocycles. The van der Waals surface area contributed by atoms with Crippen LogP contribution in [0.1, 0.15) is 26.3 Å². The lowest BCUT2D eigenvalue weighted by Gasteiger charge is -2.28. The van der Waals surface area contributed by atoms with Crippen LogP contribution in [0.15, 0.2) is 29.8 Å². The van der Waals surface area contributed by atoms with Crippen molar-refractivity contribution in [1.82, 2.24) is 5.32 Å². The molecule has 0 radical (unpaired) electrons. The van der Waals surface area contributed by atoms with Crippen molar-refractivity contribution in [3.05, 3.63) is 45.5 Å². The molecule has 0 spiro atoms. The van der Waals surface area contributed by atoms with Gasteiger partial charge in [-0.3, -0.25) is 14.9 Å². The molecular weight excluding hydrogens is 344 g/mol. The highest BCUT2D eigenvalue weighted by atomic mass is 16.6. The summed E-state index contributed by atoms with van der Waals surface area (Å²) in [6, 6.07) is 5.17. The van der Waals surface area contributed by atoms with Crippen LogP contribution in [0.25, 0.3) is 5.57 Å². The maximum atomic E-state index is 12.7. The van der Waals surface area contributed by atoms with E-state index in [-0.39, 0.29) is 30.0 Å². The molecule has 0 aromatic heterocycles. The van der Waals surface area contributed by atoms with E-state index in [4.69, 9.17) is 9.47 Å². The fourth-order valence-electron chi connectivity index (χ4n) is 2.77. The molecule has 1 aromatic rings. The number of nitro benzene ring substituents is 1. The van der Waals surface area contributed by atoms with Gasteiger partial charge in [0, 0.05) is 23.3 Å². The van der Waals surface area contributed by atoms with E-state index in [1.165, 1.54) is 31.2 Å². The quantitative estimate of drug-likeness (QED) is 0.350. The first-order chi connectivity index (χ1) is 12.3. The number of hydrogen-bond acceptors (Lipinski definition) is 7. The summed E-state index contributed by atoms with van der Waals surface area (Å²) in [6.07, 6.45) is 0. The monoisotopic (exact) mass is 362 g/mol. The Kier molecular flexibility index (Phi) is 5.39. The Morgan fingerprint density at radius 2 is 1.62 bits per heavy atom. The predicted molar refractivity (Wildman–Crippen MR) is 89.8 cm³/mol. The molecular formula is C17H18N2O7. The van der Waals surface area contributed by atoms with E-state index in [0.717, 1.165) is 0 Å². The molecule has 26 heavy (non-hydrogen) atoms. The normalized spacial score (nSPS) is 15.4. The van der Waals surface area contributed by atoms with Gasteiger partial charge in [-0.05, 0) is 38.5 Å². The summed E-state index contributed by atoms with van der Waals surface area (Å²) in [4.78, 5) is 47.8. The average molecular weight is 362 g/mol. The first-order valence-corrected chi connectivity index (χ1v) is 7.92. The Balaban J connectivity index is 2.66. The van der Waals surface area contributed by atoms with Gasteiger partial charge in [-0.2, -0.15) is 0 Å². The second kappa shape index (κ2) is 7.34. The molecule has 138 valence electrons. The van der Waals surface area contributed by atoms with Gasteiger partial charge in [-0.1, -0.05) is 0 Å². The Hall–Kier alpha value is -3.23. The number of nitrogens with one attached hydrogen (secondary N) is 1. The van der Waals surface area contributed by atoms with E-state index >= 15 is 0 Å². The summed E-state index contributed by atoms with van der Waals surface area (Å²) in [6.45, 7) is 4.56. The molecule has 0 bridgehead atoms. The number of benzene rings is 1. The second-order valence-corrected chi connectivity index (χ2v) is 5.45. The summed E-state index contributed by atoms with van der Waals surface area (Å²) in [5.41, 5.74) is -1.83. The van der Waals surface area contributed by atoms with Gasteiger partial charge in [0.25, 0.3) is 11.2 Å². The van der Waals surface area contributed by atoms with E-state index in [1.54, 1.807) is 13.8 Å². The van der Waals surface area contributed by atoms with Gasteiger partial charge < -0.3 is 14.8 Å². The van der Waals surface area contributed by atoms with Gasteiger partial charge in [0.2, 0.25) is 5.91 Å². The number of rotatable bonds is 6. The van der Waals surface area contributed by atoms with Crippen molar-refractivity contribution in [2.24, 2.45) is 0 Å². The summed E-state index contributed by atoms with van der Waals surface area (Å²) < 4.78 is 10.0. The van der Waals surface area contributed by atoms with Gasteiger partial charge in [0.15, 0.2) is 0 Å². The molecule has 0 fully saturated rings. The zero-order chi connectivity index (χ0) is 19.5. The molecule has 2 rings (SSSR count). The van der Waals surface area contributed by atoms with E-state index in [0.29, 0.717) is 5.56 Å². The number of nitrogens with zero attached hydrogens (tertiary/aromatic N) is 1. The lowest BCUT2D eigenvalue weighted by atomic mass is 9.84. The molecule has 9 heteroatoms. The van der Waals surface area contributed by atoms with Gasteiger partial charge in [0.1, 0.15) is 0 Å². The maximum absolute atomic E-state index is 12.7. The van der Waals surface area contributed by atoms with Crippen molar-refractivity contribution < 1.29 is 28.8 Å². The van der Waals surface area contributed by atoms with E-state index < -0.39 is 28.3 Å². The number of non-ortho nitro benzene ring substituents is 1. The topological polar surface area (TPSA) is 125 Å². The van der Waals surface area contributed by atoms with Crippen molar-refractivity contribution in [2.45, 2.75) is 26.3 Å². The molecule has 1 heterocycles. The van der Waals surface area contributed by atoms with Crippen molar-refractivity contribution in [1.29, 1.82) is 0 Å². The van der Waals surface area contributed by atoms with Gasteiger partial charge in [-0.15, -0.1) is 0 Å². The van der Waals surface area contributed by atoms with E-state index in [9.17, 15) is 24.5 Å². The minimum absolute atomic E-state index is 0.0115.